The molecule has 2 N–H and O–H groups in total. The first-order chi connectivity index (χ1) is 15.3. The zero-order valence-corrected chi connectivity index (χ0v) is 17.8. The van der Waals surface area contributed by atoms with Crippen LogP contribution in [0.2, 0.25) is 10.0 Å². The Bertz CT molecular complexity index is 1240. The minimum Gasteiger partial charge on any atom is -0.395 e. The number of fused-ring (bicyclic) bond motifs is 3. The molecule has 10 heteroatoms. The van der Waals surface area contributed by atoms with E-state index in [4.69, 9.17) is 23.2 Å². The summed E-state index contributed by atoms with van der Waals surface area (Å²) in [6.45, 7) is -1.15. The van der Waals surface area contributed by atoms with Crippen LogP contribution >= 0.6 is 23.2 Å². The van der Waals surface area contributed by atoms with E-state index in [0.29, 0.717) is 5.56 Å². The van der Waals surface area contributed by atoms with Crippen LogP contribution in [0.25, 0.3) is 11.1 Å². The average Bonchev–Trinajstić information content (AvgIpc) is 2.84. The molecule has 0 unspecified atom stereocenters. The normalized spacial score (nSPS) is 15.1. The number of amides is 2. The molecule has 0 bridgehead atoms. The van der Waals surface area contributed by atoms with Gasteiger partial charge in [0.15, 0.2) is 0 Å². The molecule has 4 rings (SSSR count). The highest BCUT2D eigenvalue weighted by atomic mass is 35.5. The molecule has 164 valence electrons. The van der Waals surface area contributed by atoms with Crippen molar-refractivity contribution in [1.29, 1.82) is 0 Å². The first-order valence-corrected chi connectivity index (χ1v) is 10.2. The highest BCUT2D eigenvalue weighted by Gasteiger charge is 2.37. The third-order valence-electron chi connectivity index (χ3n) is 5.01. The fourth-order valence-corrected chi connectivity index (χ4v) is 3.93. The second-order valence-electron chi connectivity index (χ2n) is 7.05. The summed E-state index contributed by atoms with van der Waals surface area (Å²) in [5.41, 5.74) is 0.715. The molecule has 0 radical (unpaired) electrons. The van der Waals surface area contributed by atoms with Gasteiger partial charge in [-0.3, -0.25) is 14.6 Å². The number of aromatic nitrogens is 1. The van der Waals surface area contributed by atoms with E-state index in [2.05, 4.69) is 10.3 Å². The summed E-state index contributed by atoms with van der Waals surface area (Å²) in [6.07, 6.45) is 1.43. The van der Waals surface area contributed by atoms with Crippen LogP contribution < -0.4 is 10.2 Å². The van der Waals surface area contributed by atoms with Gasteiger partial charge in [0.2, 0.25) is 11.8 Å². The van der Waals surface area contributed by atoms with Gasteiger partial charge in [-0.1, -0.05) is 29.3 Å². The van der Waals surface area contributed by atoms with Gasteiger partial charge in [0.1, 0.15) is 24.1 Å². The van der Waals surface area contributed by atoms with Crippen LogP contribution in [0.4, 0.5) is 20.2 Å². The van der Waals surface area contributed by atoms with E-state index in [1.54, 1.807) is 12.1 Å². The third-order valence-corrected chi connectivity index (χ3v) is 5.54. The summed E-state index contributed by atoms with van der Waals surface area (Å²) < 4.78 is 28.7. The zero-order chi connectivity index (χ0) is 23.0. The summed E-state index contributed by atoms with van der Waals surface area (Å²) in [7, 11) is 0. The molecule has 1 atom stereocenters. The largest absolute Gasteiger partial charge is 0.395 e. The van der Waals surface area contributed by atoms with Crippen molar-refractivity contribution in [3.8, 4) is 11.1 Å². The van der Waals surface area contributed by atoms with E-state index in [0.717, 1.165) is 17.0 Å². The standard InChI is InChI=1S/C22H15Cl2F2N3O3/c23-11-6-17(26)20-13-2-1-5-27-21(13)14(10-30)22(32)29(18(20)7-11)9-19(31)28-12-3-4-15(24)16(25)8-12/h1-8,14,30H,9-10H2,(H,28,31)/t14-/m0/s1. The zero-order valence-electron chi connectivity index (χ0n) is 16.3. The van der Waals surface area contributed by atoms with Crippen LogP contribution in [0.15, 0.2) is 48.7 Å². The van der Waals surface area contributed by atoms with Crippen molar-refractivity contribution in [3.05, 3.63) is 76.0 Å². The molecule has 0 saturated heterocycles. The minimum absolute atomic E-state index is 0.0205. The van der Waals surface area contributed by atoms with Gasteiger partial charge in [-0.25, -0.2) is 8.78 Å². The van der Waals surface area contributed by atoms with Crippen molar-refractivity contribution >= 4 is 46.4 Å². The summed E-state index contributed by atoms with van der Waals surface area (Å²) >= 11 is 11.7. The van der Waals surface area contributed by atoms with Crippen molar-refractivity contribution in [2.45, 2.75) is 5.92 Å². The maximum Gasteiger partial charge on any atom is 0.244 e. The number of hydrogen-bond acceptors (Lipinski definition) is 4. The average molecular weight is 478 g/mol. The predicted octanol–water partition coefficient (Wildman–Crippen LogP) is 4.39. The number of hydrogen-bond donors (Lipinski definition) is 2. The maximum absolute atomic E-state index is 15.0. The molecule has 2 amide bonds. The Balaban J connectivity index is 1.77. The molecule has 0 saturated carbocycles. The number of halogens is 4. The van der Waals surface area contributed by atoms with Gasteiger partial charge in [0.05, 0.1) is 23.0 Å². The predicted molar refractivity (Wildman–Crippen MR) is 117 cm³/mol. The quantitative estimate of drug-likeness (QED) is 0.583. The number of anilines is 2. The Labute approximate surface area is 191 Å². The lowest BCUT2D eigenvalue weighted by molar-refractivity contribution is -0.123. The van der Waals surface area contributed by atoms with E-state index >= 15 is 4.39 Å². The molecule has 1 aliphatic rings. The van der Waals surface area contributed by atoms with Gasteiger partial charge in [-0.15, -0.1) is 0 Å². The molecule has 0 spiro atoms. The van der Waals surface area contributed by atoms with Gasteiger partial charge in [-0.05, 0) is 36.4 Å². The van der Waals surface area contributed by atoms with E-state index < -0.39 is 42.5 Å². The second kappa shape index (κ2) is 8.82. The molecule has 32 heavy (non-hydrogen) atoms. The maximum atomic E-state index is 15.0. The first kappa shape index (κ1) is 22.1. The molecule has 1 aromatic heterocycles. The number of nitrogens with one attached hydrogen (secondary N) is 1. The Morgan fingerprint density at radius 1 is 1.16 bits per heavy atom. The van der Waals surface area contributed by atoms with Crippen LogP contribution in [-0.2, 0) is 9.59 Å². The lowest BCUT2D eigenvalue weighted by Gasteiger charge is -2.25. The van der Waals surface area contributed by atoms with E-state index in [1.807, 2.05) is 0 Å². The highest BCUT2D eigenvalue weighted by molar-refractivity contribution is 6.31. The summed E-state index contributed by atoms with van der Waals surface area (Å²) in [4.78, 5) is 31.2. The molecule has 1 aliphatic heterocycles. The lowest BCUT2D eigenvalue weighted by Crippen LogP contribution is -2.41. The topological polar surface area (TPSA) is 82.5 Å². The number of benzene rings is 2. The summed E-state index contributed by atoms with van der Waals surface area (Å²) in [6, 6.07) is 9.32. The van der Waals surface area contributed by atoms with Gasteiger partial charge in [0.25, 0.3) is 0 Å². The molecule has 3 aromatic rings. The summed E-state index contributed by atoms with van der Waals surface area (Å²) in [5.74, 6) is -3.90. The van der Waals surface area contributed by atoms with Crippen LogP contribution in [0.5, 0.6) is 0 Å². The summed E-state index contributed by atoms with van der Waals surface area (Å²) in [5, 5.41) is 12.3. The molecule has 2 heterocycles. The van der Waals surface area contributed by atoms with E-state index in [-0.39, 0.29) is 32.7 Å². The van der Waals surface area contributed by atoms with E-state index in [1.165, 1.54) is 24.4 Å². The highest BCUT2D eigenvalue weighted by Crippen LogP contribution is 2.42. The first-order valence-electron chi connectivity index (χ1n) is 9.41. The number of pyridine rings is 1. The fourth-order valence-electron chi connectivity index (χ4n) is 3.62. The van der Waals surface area contributed by atoms with Crippen molar-refractivity contribution in [2.75, 3.05) is 23.4 Å². The molecular formula is C22H15Cl2F2N3O3. The number of rotatable bonds is 4. The van der Waals surface area contributed by atoms with Gasteiger partial charge in [-0.2, -0.15) is 0 Å². The van der Waals surface area contributed by atoms with Crippen molar-refractivity contribution in [1.82, 2.24) is 4.98 Å². The van der Waals surface area contributed by atoms with Crippen LogP contribution in [-0.4, -0.2) is 35.1 Å². The molecular weight excluding hydrogens is 463 g/mol. The number of aliphatic hydroxyl groups is 1. The Hall–Kier alpha value is -3.07. The number of carbonyl (C=O) groups excluding carboxylic acids is 2. The van der Waals surface area contributed by atoms with Gasteiger partial charge in [0, 0.05) is 28.0 Å². The number of carbonyl (C=O) groups is 2. The Morgan fingerprint density at radius 3 is 2.66 bits per heavy atom. The monoisotopic (exact) mass is 477 g/mol. The molecule has 2 aromatic carbocycles. The lowest BCUT2D eigenvalue weighted by atomic mass is 9.96. The molecule has 0 fully saturated rings. The number of nitrogens with zero attached hydrogens (tertiary/aromatic N) is 2. The van der Waals surface area contributed by atoms with Crippen LogP contribution in [0, 0.1) is 11.6 Å². The van der Waals surface area contributed by atoms with Crippen molar-refractivity contribution < 1.29 is 23.5 Å². The number of aliphatic hydroxyl groups excluding tert-OH is 1. The van der Waals surface area contributed by atoms with Crippen molar-refractivity contribution in [3.63, 3.8) is 0 Å². The minimum atomic E-state index is -1.13. The van der Waals surface area contributed by atoms with Crippen molar-refractivity contribution in [2.24, 2.45) is 0 Å². The van der Waals surface area contributed by atoms with Crippen LogP contribution in [0.1, 0.15) is 11.6 Å². The fraction of sp³-hybridized carbons (Fsp3) is 0.136. The SMILES string of the molecule is O=C(CN1C(=O)[C@@H](CO)c2ncccc2-c2c(F)cc(Cl)cc21)Nc1ccc(Cl)c(F)c1. The second-order valence-corrected chi connectivity index (χ2v) is 7.90. The Kier molecular flexibility index (Phi) is 6.10. The van der Waals surface area contributed by atoms with Gasteiger partial charge < -0.3 is 15.3 Å². The Morgan fingerprint density at radius 2 is 1.94 bits per heavy atom. The molecule has 0 aliphatic carbocycles. The van der Waals surface area contributed by atoms with E-state index in [9.17, 15) is 19.1 Å². The van der Waals surface area contributed by atoms with Gasteiger partial charge >= 0.3 is 0 Å². The van der Waals surface area contributed by atoms with Crippen LogP contribution in [0.3, 0.4) is 0 Å². The smallest absolute Gasteiger partial charge is 0.244 e. The third kappa shape index (κ3) is 4.04. The molecule has 6 nitrogen and oxygen atoms in total.